The van der Waals surface area contributed by atoms with Crippen molar-refractivity contribution in [1.29, 1.82) is 0 Å². The molecular weight excluding hydrogens is 342 g/mol. The summed E-state index contributed by atoms with van der Waals surface area (Å²) in [6.07, 6.45) is 1.07. The predicted octanol–water partition coefficient (Wildman–Crippen LogP) is 4.21. The number of hydrogen-bond donors (Lipinski definition) is 1. The van der Waals surface area contributed by atoms with Gasteiger partial charge in [0.1, 0.15) is 5.75 Å². The Hall–Kier alpha value is -2.12. The number of nitrogens with one attached hydrogen (secondary N) is 1. The van der Waals surface area contributed by atoms with Crippen LogP contribution in [0, 0.1) is 0 Å². The first-order valence-corrected chi connectivity index (χ1v) is 9.43. The Balaban J connectivity index is 1.58. The SMILES string of the molecule is CCCSc1nnc(NC(=O)COc2cccc3ccccc23)s1. The molecule has 0 aliphatic rings. The fourth-order valence-corrected chi connectivity index (χ4v) is 3.82. The standard InChI is InChI=1S/C17H17N3O2S2/c1-2-10-23-17-20-19-16(24-17)18-15(21)11-22-14-9-5-7-12-6-3-4-8-13(12)14/h3-9H,2,10-11H2,1H3,(H,18,19,21). The minimum absolute atomic E-state index is 0.0645. The highest BCUT2D eigenvalue weighted by molar-refractivity contribution is 8.01. The quantitative estimate of drug-likeness (QED) is 0.506. The molecule has 124 valence electrons. The molecule has 0 unspecified atom stereocenters. The van der Waals surface area contributed by atoms with Gasteiger partial charge in [-0.15, -0.1) is 10.2 Å². The molecule has 0 aliphatic carbocycles. The molecule has 0 atom stereocenters. The van der Waals surface area contributed by atoms with Gasteiger partial charge in [-0.2, -0.15) is 0 Å². The summed E-state index contributed by atoms with van der Waals surface area (Å²) in [7, 11) is 0. The topological polar surface area (TPSA) is 64.1 Å². The Morgan fingerprint density at radius 2 is 2.04 bits per heavy atom. The first kappa shape index (κ1) is 16.7. The molecule has 1 aromatic heterocycles. The van der Waals surface area contributed by atoms with Crippen molar-refractivity contribution >= 4 is 44.9 Å². The summed E-state index contributed by atoms with van der Waals surface area (Å²) in [5.41, 5.74) is 0. The number of thioether (sulfide) groups is 1. The number of nitrogens with zero attached hydrogens (tertiary/aromatic N) is 2. The Kier molecular flexibility index (Phi) is 5.66. The molecule has 0 saturated heterocycles. The van der Waals surface area contributed by atoms with Gasteiger partial charge in [0, 0.05) is 11.1 Å². The number of aromatic nitrogens is 2. The van der Waals surface area contributed by atoms with Crippen LogP contribution in [0.3, 0.4) is 0 Å². The van der Waals surface area contributed by atoms with E-state index in [2.05, 4.69) is 22.4 Å². The molecule has 24 heavy (non-hydrogen) atoms. The van der Waals surface area contributed by atoms with Gasteiger partial charge in [0.2, 0.25) is 5.13 Å². The van der Waals surface area contributed by atoms with Crippen LogP contribution in [0.4, 0.5) is 5.13 Å². The van der Waals surface area contributed by atoms with Crippen LogP contribution < -0.4 is 10.1 Å². The van der Waals surface area contributed by atoms with Crippen LogP contribution >= 0.6 is 23.1 Å². The van der Waals surface area contributed by atoms with Gasteiger partial charge in [-0.3, -0.25) is 10.1 Å². The molecule has 1 N–H and O–H groups in total. The Morgan fingerprint density at radius 3 is 2.92 bits per heavy atom. The number of rotatable bonds is 7. The second-order valence-electron chi connectivity index (χ2n) is 5.04. The van der Waals surface area contributed by atoms with E-state index in [1.54, 1.807) is 11.8 Å². The van der Waals surface area contributed by atoms with Crippen molar-refractivity contribution in [1.82, 2.24) is 10.2 Å². The number of amides is 1. The molecule has 1 amide bonds. The second-order valence-corrected chi connectivity index (χ2v) is 7.36. The smallest absolute Gasteiger partial charge is 0.264 e. The second kappa shape index (κ2) is 8.12. The molecule has 2 aromatic carbocycles. The predicted molar refractivity (Wildman–Crippen MR) is 99.0 cm³/mol. The molecule has 7 heteroatoms. The van der Waals surface area contributed by atoms with Gasteiger partial charge in [0.15, 0.2) is 10.9 Å². The number of anilines is 1. The maximum atomic E-state index is 12.0. The molecular formula is C17H17N3O2S2. The molecule has 0 bridgehead atoms. The largest absolute Gasteiger partial charge is 0.483 e. The van der Waals surface area contributed by atoms with Crippen molar-refractivity contribution in [3.05, 3.63) is 42.5 Å². The van der Waals surface area contributed by atoms with Crippen molar-refractivity contribution in [3.63, 3.8) is 0 Å². The zero-order chi connectivity index (χ0) is 16.8. The highest BCUT2D eigenvalue weighted by atomic mass is 32.2. The molecule has 3 rings (SSSR count). The van der Waals surface area contributed by atoms with Gasteiger partial charge < -0.3 is 4.74 Å². The van der Waals surface area contributed by atoms with E-state index in [9.17, 15) is 4.79 Å². The van der Waals surface area contributed by atoms with Crippen LogP contribution in [-0.2, 0) is 4.79 Å². The maximum absolute atomic E-state index is 12.0. The summed E-state index contributed by atoms with van der Waals surface area (Å²) >= 11 is 3.02. The van der Waals surface area contributed by atoms with E-state index >= 15 is 0 Å². The molecule has 5 nitrogen and oxygen atoms in total. The number of ether oxygens (including phenoxy) is 1. The van der Waals surface area contributed by atoms with Crippen LogP contribution in [0.1, 0.15) is 13.3 Å². The number of carbonyl (C=O) groups is 1. The summed E-state index contributed by atoms with van der Waals surface area (Å²) in [5, 5.41) is 13.3. The average Bonchev–Trinajstić information content (AvgIpc) is 3.05. The maximum Gasteiger partial charge on any atom is 0.264 e. The van der Waals surface area contributed by atoms with E-state index in [-0.39, 0.29) is 12.5 Å². The fraction of sp³-hybridized carbons (Fsp3) is 0.235. The van der Waals surface area contributed by atoms with Crippen LogP contribution in [0.2, 0.25) is 0 Å². The zero-order valence-electron chi connectivity index (χ0n) is 13.2. The van der Waals surface area contributed by atoms with E-state index < -0.39 is 0 Å². The van der Waals surface area contributed by atoms with Crippen LogP contribution in [0.5, 0.6) is 5.75 Å². The molecule has 0 saturated carbocycles. The lowest BCUT2D eigenvalue weighted by molar-refractivity contribution is -0.118. The Labute approximate surface area is 148 Å². The minimum Gasteiger partial charge on any atom is -0.483 e. The lowest BCUT2D eigenvalue weighted by atomic mass is 10.1. The monoisotopic (exact) mass is 359 g/mol. The molecule has 0 radical (unpaired) electrons. The summed E-state index contributed by atoms with van der Waals surface area (Å²) in [4.78, 5) is 12.0. The number of fused-ring (bicyclic) bond motifs is 1. The average molecular weight is 359 g/mol. The zero-order valence-corrected chi connectivity index (χ0v) is 14.8. The van der Waals surface area contributed by atoms with E-state index in [1.807, 2.05) is 42.5 Å². The highest BCUT2D eigenvalue weighted by Gasteiger charge is 2.10. The summed E-state index contributed by atoms with van der Waals surface area (Å²) in [6, 6.07) is 13.7. The summed E-state index contributed by atoms with van der Waals surface area (Å²) < 4.78 is 6.53. The minimum atomic E-state index is -0.244. The lowest BCUT2D eigenvalue weighted by Gasteiger charge is -2.08. The van der Waals surface area contributed by atoms with Crippen LogP contribution in [0.25, 0.3) is 10.8 Å². The molecule has 0 spiro atoms. The Bertz CT molecular complexity index is 830. The van der Waals surface area contributed by atoms with Crippen molar-refractivity contribution in [2.24, 2.45) is 0 Å². The third kappa shape index (κ3) is 4.24. The van der Waals surface area contributed by atoms with Gasteiger partial charge in [0.25, 0.3) is 5.91 Å². The van der Waals surface area contributed by atoms with Crippen molar-refractivity contribution in [2.75, 3.05) is 17.7 Å². The third-order valence-electron chi connectivity index (χ3n) is 3.19. The van der Waals surface area contributed by atoms with Crippen LogP contribution in [-0.4, -0.2) is 28.5 Å². The first-order valence-electron chi connectivity index (χ1n) is 7.63. The molecule has 0 fully saturated rings. The van der Waals surface area contributed by atoms with Gasteiger partial charge in [0.05, 0.1) is 0 Å². The van der Waals surface area contributed by atoms with E-state index in [0.29, 0.717) is 10.9 Å². The normalized spacial score (nSPS) is 10.7. The Morgan fingerprint density at radius 1 is 1.21 bits per heavy atom. The molecule has 0 aliphatic heterocycles. The van der Waals surface area contributed by atoms with Crippen molar-refractivity contribution < 1.29 is 9.53 Å². The molecule has 1 heterocycles. The van der Waals surface area contributed by atoms with Gasteiger partial charge in [-0.05, 0) is 17.9 Å². The van der Waals surface area contributed by atoms with Crippen molar-refractivity contribution in [2.45, 2.75) is 17.7 Å². The molecule has 3 aromatic rings. The van der Waals surface area contributed by atoms with Gasteiger partial charge in [-0.25, -0.2) is 0 Å². The fourth-order valence-electron chi connectivity index (χ4n) is 2.13. The third-order valence-corrected chi connectivity index (χ3v) is 5.37. The van der Waals surface area contributed by atoms with E-state index in [0.717, 1.165) is 27.3 Å². The van der Waals surface area contributed by atoms with Gasteiger partial charge >= 0.3 is 0 Å². The first-order chi connectivity index (χ1) is 11.8. The summed E-state index contributed by atoms with van der Waals surface area (Å²) in [6.45, 7) is 2.05. The van der Waals surface area contributed by atoms with E-state index in [1.165, 1.54) is 11.3 Å². The van der Waals surface area contributed by atoms with Gasteiger partial charge in [-0.1, -0.05) is 66.4 Å². The van der Waals surface area contributed by atoms with E-state index in [4.69, 9.17) is 4.74 Å². The lowest BCUT2D eigenvalue weighted by Crippen LogP contribution is -2.20. The van der Waals surface area contributed by atoms with Crippen molar-refractivity contribution in [3.8, 4) is 5.75 Å². The number of hydrogen-bond acceptors (Lipinski definition) is 6. The number of benzene rings is 2. The van der Waals surface area contributed by atoms with Crippen LogP contribution in [0.15, 0.2) is 46.8 Å². The number of carbonyl (C=O) groups excluding carboxylic acids is 1. The highest BCUT2D eigenvalue weighted by Crippen LogP contribution is 2.26. The summed E-state index contributed by atoms with van der Waals surface area (Å²) in [5.74, 6) is 1.44.